The monoisotopic (exact) mass is 454 g/mol. The number of nitrogens with one attached hydrogen (secondary N) is 1. The number of hydrogen-bond donors (Lipinski definition) is 1. The van der Waals surface area contributed by atoms with E-state index in [1.54, 1.807) is 12.4 Å². The van der Waals surface area contributed by atoms with Crippen LogP contribution in [0, 0.1) is 11.8 Å². The summed E-state index contributed by atoms with van der Waals surface area (Å²) in [5.41, 5.74) is 5.30. The van der Waals surface area contributed by atoms with Crippen molar-refractivity contribution in [3.8, 4) is 11.8 Å². The molecule has 1 atom stereocenters. The second-order valence-corrected chi connectivity index (χ2v) is 10.0. The molecule has 31 heavy (non-hydrogen) atoms. The minimum Gasteiger partial charge on any atom is -0.381 e. The highest BCUT2D eigenvalue weighted by Gasteiger charge is 2.33. The molecule has 0 spiro atoms. The summed E-state index contributed by atoms with van der Waals surface area (Å²) in [5.74, 6) is 6.14. The Morgan fingerprint density at radius 1 is 1.35 bits per heavy atom. The van der Waals surface area contributed by atoms with E-state index in [4.69, 9.17) is 0 Å². The van der Waals surface area contributed by atoms with Crippen LogP contribution in [0.5, 0.6) is 0 Å². The van der Waals surface area contributed by atoms with Gasteiger partial charge >= 0.3 is 0 Å². The minimum absolute atomic E-state index is 0.171. The van der Waals surface area contributed by atoms with Crippen molar-refractivity contribution < 1.29 is 9.00 Å². The van der Waals surface area contributed by atoms with E-state index in [1.807, 2.05) is 47.5 Å². The fourth-order valence-electron chi connectivity index (χ4n) is 4.04. The Kier molecular flexibility index (Phi) is 6.56. The largest absolute Gasteiger partial charge is 0.381 e. The van der Waals surface area contributed by atoms with E-state index in [1.165, 1.54) is 11.3 Å². The van der Waals surface area contributed by atoms with E-state index in [2.05, 4.69) is 22.1 Å². The van der Waals surface area contributed by atoms with Gasteiger partial charge in [-0.25, -0.2) is 9.19 Å². The minimum atomic E-state index is -1.35. The number of hydrogen-bond acceptors (Lipinski definition) is 6. The number of nitrogens with zero attached hydrogens (tertiary/aromatic N) is 3. The third-order valence-electron chi connectivity index (χ3n) is 5.47. The van der Waals surface area contributed by atoms with Gasteiger partial charge in [0.15, 0.2) is 0 Å². The van der Waals surface area contributed by atoms with Crippen LogP contribution in [0.15, 0.2) is 38.9 Å². The van der Waals surface area contributed by atoms with Crippen molar-refractivity contribution in [1.82, 2.24) is 14.8 Å². The van der Waals surface area contributed by atoms with Crippen LogP contribution in [-0.2, 0) is 15.6 Å². The number of carbonyl (C=O) groups excluding carboxylic acids is 1. The Balaban J connectivity index is 1.55. The standard InChI is InChI=1S/C23H26N4O2S2/c1-4-6-20-22(19-14-30-15-24-19)17-7-5-8-18(23(17)31(20)29)25-16-9-11-27(12-10-16)21(28)13-26(2)3/h5,7-8,14-16,25H,9-13H2,1-3H3. The molecule has 162 valence electrons. The average Bonchev–Trinajstić information content (AvgIpc) is 3.36. The molecule has 2 aliphatic rings. The first kappa shape index (κ1) is 21.8. The number of rotatable bonds is 5. The first-order valence-electron chi connectivity index (χ1n) is 10.3. The number of fused-ring (bicyclic) bond motifs is 1. The molecule has 1 amide bonds. The molecule has 1 fully saturated rings. The summed E-state index contributed by atoms with van der Waals surface area (Å²) in [4.78, 5) is 22.0. The lowest BCUT2D eigenvalue weighted by molar-refractivity contribution is -0.132. The van der Waals surface area contributed by atoms with Crippen molar-refractivity contribution in [1.29, 1.82) is 0 Å². The van der Waals surface area contributed by atoms with Crippen molar-refractivity contribution in [3.63, 3.8) is 0 Å². The SMILES string of the molecule is CC#CC1=C(c2cscn2)c2cccc(NC3CCN(C(=O)CN(C)C)CC3)c2S1=O. The van der Waals surface area contributed by atoms with Gasteiger partial charge in [-0.05, 0) is 39.9 Å². The molecule has 4 rings (SSSR count). The molecule has 8 heteroatoms. The van der Waals surface area contributed by atoms with Crippen molar-refractivity contribution in [2.45, 2.75) is 30.7 Å². The third-order valence-corrected chi connectivity index (χ3v) is 7.54. The number of carbonyl (C=O) groups is 1. The zero-order valence-electron chi connectivity index (χ0n) is 18.0. The number of amides is 1. The van der Waals surface area contributed by atoms with Gasteiger partial charge in [0.05, 0.1) is 39.1 Å². The van der Waals surface area contributed by atoms with Gasteiger partial charge < -0.3 is 15.1 Å². The number of benzene rings is 1. The second kappa shape index (κ2) is 9.35. The Morgan fingerprint density at radius 3 is 2.77 bits per heavy atom. The number of thiazole rings is 1. The van der Waals surface area contributed by atoms with E-state index in [0.29, 0.717) is 11.4 Å². The lowest BCUT2D eigenvalue weighted by atomic mass is 10.0. The lowest BCUT2D eigenvalue weighted by Crippen LogP contribution is -2.45. The zero-order valence-corrected chi connectivity index (χ0v) is 19.6. The van der Waals surface area contributed by atoms with Gasteiger partial charge in [-0.1, -0.05) is 18.1 Å². The van der Waals surface area contributed by atoms with Gasteiger partial charge in [0.25, 0.3) is 0 Å². The quantitative estimate of drug-likeness (QED) is 0.704. The van der Waals surface area contributed by atoms with Crippen LogP contribution in [0.2, 0.25) is 0 Å². The highest BCUT2D eigenvalue weighted by atomic mass is 32.2. The fourth-order valence-corrected chi connectivity index (χ4v) is 6.08. The predicted molar refractivity (Wildman–Crippen MR) is 126 cm³/mol. The van der Waals surface area contributed by atoms with E-state index >= 15 is 0 Å². The van der Waals surface area contributed by atoms with E-state index in [9.17, 15) is 9.00 Å². The Labute approximate surface area is 189 Å². The topological polar surface area (TPSA) is 65.5 Å². The molecule has 1 aromatic heterocycles. The highest BCUT2D eigenvalue weighted by Crippen LogP contribution is 2.43. The second-order valence-electron chi connectivity index (χ2n) is 7.94. The number of anilines is 1. The molecule has 1 N–H and O–H groups in total. The Hall–Kier alpha value is -2.47. The Bertz CT molecular complexity index is 1090. The summed E-state index contributed by atoms with van der Waals surface area (Å²) in [6.07, 6.45) is 1.73. The van der Waals surface area contributed by atoms with Gasteiger partial charge in [0.1, 0.15) is 4.91 Å². The molecule has 0 aliphatic carbocycles. The maximum atomic E-state index is 13.4. The average molecular weight is 455 g/mol. The lowest BCUT2D eigenvalue weighted by Gasteiger charge is -2.33. The van der Waals surface area contributed by atoms with Crippen LogP contribution < -0.4 is 5.32 Å². The maximum Gasteiger partial charge on any atom is 0.236 e. The molecule has 2 aromatic rings. The molecule has 6 nitrogen and oxygen atoms in total. The van der Waals surface area contributed by atoms with Crippen molar-refractivity contribution in [2.24, 2.45) is 0 Å². The first-order valence-corrected chi connectivity index (χ1v) is 12.4. The summed E-state index contributed by atoms with van der Waals surface area (Å²) in [6, 6.07) is 6.21. The summed E-state index contributed by atoms with van der Waals surface area (Å²) in [5, 5.41) is 5.58. The van der Waals surface area contributed by atoms with E-state index in [-0.39, 0.29) is 11.9 Å². The molecular formula is C23H26N4O2S2. The number of piperidine rings is 1. The number of likely N-dealkylation sites (N-methyl/N-ethyl adjacent to an activating group) is 1. The number of likely N-dealkylation sites (tertiary alicyclic amines) is 1. The van der Waals surface area contributed by atoms with Crippen molar-refractivity contribution >= 4 is 39.3 Å². The van der Waals surface area contributed by atoms with Crippen LogP contribution in [0.3, 0.4) is 0 Å². The van der Waals surface area contributed by atoms with E-state index < -0.39 is 10.8 Å². The molecular weight excluding hydrogens is 428 g/mol. The Morgan fingerprint density at radius 2 is 2.13 bits per heavy atom. The molecule has 2 aliphatic heterocycles. The van der Waals surface area contributed by atoms with Crippen LogP contribution in [0.4, 0.5) is 5.69 Å². The summed E-state index contributed by atoms with van der Waals surface area (Å²) in [7, 11) is 2.47. The van der Waals surface area contributed by atoms with Gasteiger partial charge in [-0.15, -0.1) is 17.3 Å². The van der Waals surface area contributed by atoms with Gasteiger partial charge in [-0.2, -0.15) is 0 Å². The van der Waals surface area contributed by atoms with E-state index in [0.717, 1.165) is 53.3 Å². The van der Waals surface area contributed by atoms with Crippen molar-refractivity contribution in [3.05, 3.63) is 45.3 Å². The molecule has 1 saturated heterocycles. The fraction of sp³-hybridized carbons (Fsp3) is 0.391. The molecule has 0 saturated carbocycles. The number of allylic oxidation sites excluding steroid dienone is 1. The third kappa shape index (κ3) is 4.45. The van der Waals surface area contributed by atoms with Gasteiger partial charge in [0, 0.05) is 35.6 Å². The normalized spacial score (nSPS) is 18.7. The molecule has 0 radical (unpaired) electrons. The maximum absolute atomic E-state index is 13.4. The van der Waals surface area contributed by atoms with Crippen LogP contribution in [-0.4, -0.2) is 64.7 Å². The zero-order chi connectivity index (χ0) is 22.0. The predicted octanol–water partition coefficient (Wildman–Crippen LogP) is 3.01. The summed E-state index contributed by atoms with van der Waals surface area (Å²) in [6.45, 7) is 3.67. The number of aromatic nitrogens is 1. The molecule has 1 aromatic carbocycles. The van der Waals surface area contributed by atoms with Gasteiger partial charge in [0.2, 0.25) is 5.91 Å². The smallest absolute Gasteiger partial charge is 0.236 e. The molecule has 0 bridgehead atoms. The highest BCUT2D eigenvalue weighted by molar-refractivity contribution is 7.90. The van der Waals surface area contributed by atoms with Crippen LogP contribution >= 0.6 is 11.3 Å². The molecule has 1 unspecified atom stereocenters. The van der Waals surface area contributed by atoms with Crippen molar-refractivity contribution in [2.75, 3.05) is 39.0 Å². The summed E-state index contributed by atoms with van der Waals surface area (Å²) < 4.78 is 13.4. The van der Waals surface area contributed by atoms with Gasteiger partial charge in [-0.3, -0.25) is 4.79 Å². The van der Waals surface area contributed by atoms with Crippen LogP contribution in [0.1, 0.15) is 31.0 Å². The molecule has 3 heterocycles. The first-order chi connectivity index (χ1) is 15.0. The van der Waals surface area contributed by atoms with Crippen LogP contribution in [0.25, 0.3) is 5.57 Å². The summed E-state index contributed by atoms with van der Waals surface area (Å²) >= 11 is 1.52.